The van der Waals surface area contributed by atoms with E-state index in [9.17, 15) is 18.8 Å². The van der Waals surface area contributed by atoms with E-state index in [1.807, 2.05) is 0 Å². The summed E-state index contributed by atoms with van der Waals surface area (Å²) in [5, 5.41) is 2.61. The van der Waals surface area contributed by atoms with Gasteiger partial charge in [0.25, 0.3) is 0 Å². The lowest BCUT2D eigenvalue weighted by molar-refractivity contribution is -0.130. The molecule has 5 nitrogen and oxygen atoms in total. The van der Waals surface area contributed by atoms with E-state index in [1.54, 1.807) is 0 Å². The van der Waals surface area contributed by atoms with Gasteiger partial charge in [-0.2, -0.15) is 0 Å². The Balaban J connectivity index is 1.98. The third kappa shape index (κ3) is 4.38. The summed E-state index contributed by atoms with van der Waals surface area (Å²) in [7, 11) is 0. The fourth-order valence-electron chi connectivity index (χ4n) is 2.78. The number of amides is 2. The lowest BCUT2D eigenvalue weighted by Crippen LogP contribution is -2.50. The molecule has 3 N–H and O–H groups in total. The third-order valence-electron chi connectivity index (χ3n) is 3.89. The van der Waals surface area contributed by atoms with Crippen LogP contribution in [0.25, 0.3) is 0 Å². The Morgan fingerprint density at radius 1 is 1.32 bits per heavy atom. The molecule has 6 heteroatoms. The zero-order valence-corrected chi connectivity index (χ0v) is 12.2. The number of hydrogen-bond acceptors (Lipinski definition) is 3. The fraction of sp³-hybridized carbons (Fsp3) is 0.438. The van der Waals surface area contributed by atoms with E-state index in [4.69, 9.17) is 5.73 Å². The molecule has 1 aliphatic rings. The minimum absolute atomic E-state index is 0.0325. The number of benzene rings is 1. The maximum absolute atomic E-state index is 12.8. The molecular formula is C16H19FN2O3. The van der Waals surface area contributed by atoms with Crippen molar-refractivity contribution >= 4 is 17.6 Å². The van der Waals surface area contributed by atoms with Gasteiger partial charge < -0.3 is 11.1 Å². The summed E-state index contributed by atoms with van der Waals surface area (Å²) in [6.45, 7) is 0. The molecule has 1 aromatic carbocycles. The highest BCUT2D eigenvalue weighted by Gasteiger charge is 2.31. The van der Waals surface area contributed by atoms with Crippen LogP contribution in [0.2, 0.25) is 0 Å². The van der Waals surface area contributed by atoms with Crippen molar-refractivity contribution in [2.24, 2.45) is 11.7 Å². The van der Waals surface area contributed by atoms with Crippen molar-refractivity contribution in [2.45, 2.75) is 38.1 Å². The van der Waals surface area contributed by atoms with Crippen molar-refractivity contribution in [1.29, 1.82) is 0 Å². The van der Waals surface area contributed by atoms with E-state index < -0.39 is 11.9 Å². The van der Waals surface area contributed by atoms with Crippen LogP contribution < -0.4 is 11.1 Å². The molecule has 0 radical (unpaired) electrons. The van der Waals surface area contributed by atoms with Gasteiger partial charge in [0.05, 0.1) is 6.42 Å². The minimum atomic E-state index is -0.836. The van der Waals surface area contributed by atoms with Gasteiger partial charge in [0.15, 0.2) is 0 Å². The van der Waals surface area contributed by atoms with Gasteiger partial charge in [-0.15, -0.1) is 0 Å². The van der Waals surface area contributed by atoms with Crippen molar-refractivity contribution in [2.75, 3.05) is 0 Å². The highest BCUT2D eigenvalue weighted by molar-refractivity contribution is 5.89. The molecule has 118 valence electrons. The molecule has 2 atom stereocenters. The second-order valence-corrected chi connectivity index (χ2v) is 5.65. The highest BCUT2D eigenvalue weighted by Crippen LogP contribution is 2.24. The molecule has 22 heavy (non-hydrogen) atoms. The van der Waals surface area contributed by atoms with Gasteiger partial charge in [-0.25, -0.2) is 4.39 Å². The second kappa shape index (κ2) is 7.15. The van der Waals surface area contributed by atoms with Gasteiger partial charge >= 0.3 is 0 Å². The van der Waals surface area contributed by atoms with Crippen LogP contribution in [0.3, 0.4) is 0 Å². The summed E-state index contributed by atoms with van der Waals surface area (Å²) in [4.78, 5) is 35.1. The van der Waals surface area contributed by atoms with E-state index in [1.165, 1.54) is 24.3 Å². The molecule has 0 heterocycles. The van der Waals surface area contributed by atoms with E-state index in [2.05, 4.69) is 5.32 Å². The van der Waals surface area contributed by atoms with Crippen LogP contribution in [-0.2, 0) is 20.8 Å². The molecule has 1 fully saturated rings. The van der Waals surface area contributed by atoms with Gasteiger partial charge in [0.2, 0.25) is 11.8 Å². The minimum Gasteiger partial charge on any atom is -0.368 e. The first-order chi connectivity index (χ1) is 10.5. The summed E-state index contributed by atoms with van der Waals surface area (Å²) >= 11 is 0. The summed E-state index contributed by atoms with van der Waals surface area (Å²) in [5.74, 6) is -1.52. The maximum Gasteiger partial charge on any atom is 0.240 e. The predicted molar refractivity (Wildman–Crippen MR) is 78.2 cm³/mol. The normalized spacial score (nSPS) is 19.5. The Morgan fingerprint density at radius 3 is 2.59 bits per heavy atom. The number of hydrogen-bond donors (Lipinski definition) is 2. The Labute approximate surface area is 128 Å². The molecule has 0 aromatic heterocycles. The molecule has 0 bridgehead atoms. The number of primary amides is 1. The number of Topliss-reactive ketones (excluding diaryl/α,β-unsaturated/α-hetero) is 1. The SMILES string of the molecule is NC(=O)[C@@H](NC(=O)Cc1ccc(F)cc1)[C@@H]1CCCC(=O)C1. The van der Waals surface area contributed by atoms with Crippen LogP contribution in [0, 0.1) is 11.7 Å². The quantitative estimate of drug-likeness (QED) is 0.853. The third-order valence-corrected chi connectivity index (χ3v) is 3.89. The summed E-state index contributed by atoms with van der Waals surface area (Å²) in [6.07, 6.45) is 2.22. The summed E-state index contributed by atoms with van der Waals surface area (Å²) < 4.78 is 12.8. The topological polar surface area (TPSA) is 89.3 Å². The van der Waals surface area contributed by atoms with Crippen molar-refractivity contribution < 1.29 is 18.8 Å². The van der Waals surface area contributed by atoms with Crippen LogP contribution in [0.1, 0.15) is 31.2 Å². The van der Waals surface area contributed by atoms with Gasteiger partial charge in [-0.05, 0) is 36.5 Å². The molecule has 2 amide bonds. The van der Waals surface area contributed by atoms with Crippen molar-refractivity contribution in [3.05, 3.63) is 35.6 Å². The van der Waals surface area contributed by atoms with Crippen LogP contribution in [0.15, 0.2) is 24.3 Å². The van der Waals surface area contributed by atoms with Crippen LogP contribution in [0.5, 0.6) is 0 Å². The predicted octanol–water partition coefficient (Wildman–Crippen LogP) is 1.10. The van der Waals surface area contributed by atoms with Gasteiger partial charge in [0.1, 0.15) is 17.6 Å². The molecule has 0 spiro atoms. The number of halogens is 1. The lowest BCUT2D eigenvalue weighted by atomic mass is 9.83. The highest BCUT2D eigenvalue weighted by atomic mass is 19.1. The van der Waals surface area contributed by atoms with E-state index in [-0.39, 0.29) is 36.3 Å². The molecule has 0 unspecified atom stereocenters. The Morgan fingerprint density at radius 2 is 2.00 bits per heavy atom. The molecule has 0 saturated heterocycles. The average Bonchev–Trinajstić information content (AvgIpc) is 2.47. The number of carbonyl (C=O) groups excluding carboxylic acids is 3. The van der Waals surface area contributed by atoms with Crippen LogP contribution >= 0.6 is 0 Å². The zero-order chi connectivity index (χ0) is 16.1. The molecule has 1 aromatic rings. The van der Waals surface area contributed by atoms with Crippen molar-refractivity contribution in [3.63, 3.8) is 0 Å². The van der Waals surface area contributed by atoms with Crippen LogP contribution in [-0.4, -0.2) is 23.6 Å². The Kier molecular flexibility index (Phi) is 5.25. The van der Waals surface area contributed by atoms with E-state index in [0.29, 0.717) is 24.8 Å². The average molecular weight is 306 g/mol. The first-order valence-electron chi connectivity index (χ1n) is 7.30. The van der Waals surface area contributed by atoms with E-state index in [0.717, 1.165) is 0 Å². The molecule has 2 rings (SSSR count). The fourth-order valence-corrected chi connectivity index (χ4v) is 2.78. The first kappa shape index (κ1) is 16.1. The zero-order valence-electron chi connectivity index (χ0n) is 12.2. The first-order valence-corrected chi connectivity index (χ1v) is 7.30. The Hall–Kier alpha value is -2.24. The smallest absolute Gasteiger partial charge is 0.240 e. The van der Waals surface area contributed by atoms with E-state index >= 15 is 0 Å². The maximum atomic E-state index is 12.8. The number of rotatable bonds is 5. The van der Waals surface area contributed by atoms with Crippen molar-refractivity contribution in [1.82, 2.24) is 5.32 Å². The number of nitrogens with one attached hydrogen (secondary N) is 1. The number of carbonyl (C=O) groups is 3. The summed E-state index contributed by atoms with van der Waals surface area (Å²) in [5.41, 5.74) is 6.00. The van der Waals surface area contributed by atoms with Gasteiger partial charge in [0, 0.05) is 12.8 Å². The monoisotopic (exact) mass is 306 g/mol. The van der Waals surface area contributed by atoms with Crippen molar-refractivity contribution in [3.8, 4) is 0 Å². The second-order valence-electron chi connectivity index (χ2n) is 5.65. The van der Waals surface area contributed by atoms with Crippen LogP contribution in [0.4, 0.5) is 4.39 Å². The standard InChI is InChI=1S/C16H19FN2O3/c17-12-6-4-10(5-7-12)8-14(21)19-15(16(18)22)11-2-1-3-13(20)9-11/h4-7,11,15H,1-3,8-9H2,(H2,18,22)(H,19,21)/t11-,15+/m1/s1. The largest absolute Gasteiger partial charge is 0.368 e. The van der Waals surface area contributed by atoms with Gasteiger partial charge in [-0.3, -0.25) is 14.4 Å². The molecule has 1 aliphatic carbocycles. The Bertz CT molecular complexity index is 571. The molecule has 1 saturated carbocycles. The number of nitrogens with two attached hydrogens (primary N) is 1. The van der Waals surface area contributed by atoms with Gasteiger partial charge in [-0.1, -0.05) is 12.1 Å². The lowest BCUT2D eigenvalue weighted by Gasteiger charge is -2.28. The molecule has 0 aliphatic heterocycles. The number of ketones is 1. The summed E-state index contributed by atoms with van der Waals surface area (Å²) in [6, 6.07) is 4.73. The molecular weight excluding hydrogens is 287 g/mol.